The maximum absolute atomic E-state index is 11.9. The number of carbonyl (C=O) groups excluding carboxylic acids is 1. The number of hydrogen-bond acceptors (Lipinski definition) is 3. The summed E-state index contributed by atoms with van der Waals surface area (Å²) < 4.78 is 5.20. The number of hydrogen-bond donors (Lipinski definition) is 2. The molecule has 1 aromatic rings. The molecule has 0 saturated carbocycles. The molecule has 0 spiro atoms. The van der Waals surface area contributed by atoms with Gasteiger partial charge in [0.2, 0.25) is 0 Å². The summed E-state index contributed by atoms with van der Waals surface area (Å²) in [6, 6.07) is 7.45. The van der Waals surface area contributed by atoms with Gasteiger partial charge in [0, 0.05) is 32.5 Å². The van der Waals surface area contributed by atoms with Gasteiger partial charge in [-0.05, 0) is 25.5 Å². The number of ether oxygens (including phenoxy) is 1. The highest BCUT2D eigenvalue weighted by Gasteiger charge is 2.08. The number of benzene rings is 1. The van der Waals surface area contributed by atoms with Gasteiger partial charge in [-0.2, -0.15) is 0 Å². The molecule has 2 N–H and O–H groups in total. The molecule has 0 aromatic heterocycles. The molecule has 0 saturated heterocycles. The molecule has 1 amide bonds. The molecule has 1 aromatic carbocycles. The first-order chi connectivity index (χ1) is 9.29. The number of carbonyl (C=O) groups is 1. The van der Waals surface area contributed by atoms with E-state index in [0.29, 0.717) is 18.7 Å². The molecular formula is C15H26N2O2. The van der Waals surface area contributed by atoms with Gasteiger partial charge in [-0.3, -0.25) is 4.79 Å². The van der Waals surface area contributed by atoms with Gasteiger partial charge in [-0.1, -0.05) is 26.0 Å². The van der Waals surface area contributed by atoms with E-state index in [9.17, 15) is 4.79 Å². The van der Waals surface area contributed by atoms with E-state index >= 15 is 0 Å². The summed E-state index contributed by atoms with van der Waals surface area (Å²) in [5.74, 6) is -0.0496. The summed E-state index contributed by atoms with van der Waals surface area (Å²) in [5.41, 5.74) is 1.52. The lowest BCUT2D eigenvalue weighted by atomic mass is 10.1. The van der Waals surface area contributed by atoms with Gasteiger partial charge in [0.05, 0.1) is 5.56 Å². The number of para-hydroxylation sites is 1. The van der Waals surface area contributed by atoms with Crippen molar-refractivity contribution >= 4 is 11.6 Å². The lowest BCUT2D eigenvalue weighted by Gasteiger charge is -2.09. The predicted octanol–water partition coefficient (Wildman–Crippen LogP) is 2.91. The topological polar surface area (TPSA) is 50.4 Å². The molecule has 0 aliphatic carbocycles. The summed E-state index contributed by atoms with van der Waals surface area (Å²) in [7, 11) is 1.81. The molecule has 108 valence electrons. The van der Waals surface area contributed by atoms with Gasteiger partial charge in [0.25, 0.3) is 5.91 Å². The van der Waals surface area contributed by atoms with Crippen LogP contribution in [0.1, 0.15) is 37.6 Å². The molecule has 1 rings (SSSR count). The highest BCUT2D eigenvalue weighted by Crippen LogP contribution is 2.13. The Hall–Kier alpha value is -1.55. The van der Waals surface area contributed by atoms with Crippen LogP contribution in [0.2, 0.25) is 0 Å². The molecule has 4 nitrogen and oxygen atoms in total. The third kappa shape index (κ3) is 6.82. The zero-order chi connectivity index (χ0) is 14.5. The largest absolute Gasteiger partial charge is 0.387 e. The first kappa shape index (κ1) is 17.4. The third-order valence-corrected chi connectivity index (χ3v) is 2.40. The van der Waals surface area contributed by atoms with Gasteiger partial charge >= 0.3 is 0 Å². The van der Waals surface area contributed by atoms with Crippen LogP contribution >= 0.6 is 0 Å². The van der Waals surface area contributed by atoms with Crippen LogP contribution < -0.4 is 10.6 Å². The van der Waals surface area contributed by atoms with Crippen molar-refractivity contribution in [1.82, 2.24) is 5.32 Å². The minimum Gasteiger partial charge on any atom is -0.387 e. The van der Waals surface area contributed by atoms with Crippen molar-refractivity contribution < 1.29 is 9.53 Å². The Bertz CT molecular complexity index is 354. The van der Waals surface area contributed by atoms with E-state index in [2.05, 4.69) is 10.6 Å². The number of rotatable bonds is 7. The maximum Gasteiger partial charge on any atom is 0.253 e. The molecule has 0 aliphatic rings. The van der Waals surface area contributed by atoms with Crippen LogP contribution in [-0.2, 0) is 4.74 Å². The third-order valence-electron chi connectivity index (χ3n) is 2.40. The van der Waals surface area contributed by atoms with Crippen LogP contribution in [0.3, 0.4) is 0 Å². The van der Waals surface area contributed by atoms with E-state index in [1.54, 1.807) is 7.05 Å². The van der Waals surface area contributed by atoms with Gasteiger partial charge in [0.15, 0.2) is 0 Å². The second-order valence-corrected chi connectivity index (χ2v) is 3.60. The minimum absolute atomic E-state index is 0.0496. The van der Waals surface area contributed by atoms with Crippen LogP contribution in [0.4, 0.5) is 5.69 Å². The highest BCUT2D eigenvalue weighted by molar-refractivity contribution is 5.99. The summed E-state index contributed by atoms with van der Waals surface area (Å²) in [4.78, 5) is 11.9. The normalized spacial score (nSPS) is 9.26. The second kappa shape index (κ2) is 11.5. The van der Waals surface area contributed by atoms with Crippen molar-refractivity contribution in [2.75, 3.05) is 32.1 Å². The monoisotopic (exact) mass is 266 g/mol. The average Bonchev–Trinajstić information content (AvgIpc) is 2.48. The quantitative estimate of drug-likeness (QED) is 0.746. The molecule has 19 heavy (non-hydrogen) atoms. The minimum atomic E-state index is -0.0496. The summed E-state index contributed by atoms with van der Waals surface area (Å²) in [6.07, 6.45) is 0.835. The lowest BCUT2D eigenvalue weighted by molar-refractivity contribution is 0.0945. The van der Waals surface area contributed by atoms with Gasteiger partial charge < -0.3 is 15.4 Å². The van der Waals surface area contributed by atoms with E-state index in [-0.39, 0.29) is 5.91 Å². The Labute approximate surface area is 116 Å². The van der Waals surface area contributed by atoms with Crippen molar-refractivity contribution in [1.29, 1.82) is 0 Å². The van der Waals surface area contributed by atoms with Crippen LogP contribution in [0.25, 0.3) is 0 Å². The van der Waals surface area contributed by atoms with E-state index in [1.165, 1.54) is 0 Å². The number of nitrogens with one attached hydrogen (secondary N) is 2. The van der Waals surface area contributed by atoms with Gasteiger partial charge in [0.1, 0.15) is 0 Å². The van der Waals surface area contributed by atoms with E-state index < -0.39 is 0 Å². The van der Waals surface area contributed by atoms with Crippen molar-refractivity contribution in [3.63, 3.8) is 0 Å². The van der Waals surface area contributed by atoms with E-state index in [1.807, 2.05) is 45.0 Å². The summed E-state index contributed by atoms with van der Waals surface area (Å²) >= 11 is 0. The summed E-state index contributed by atoms with van der Waals surface area (Å²) in [5, 5.41) is 5.88. The Kier molecular flexibility index (Phi) is 10.6. The molecule has 0 aliphatic heterocycles. The zero-order valence-corrected chi connectivity index (χ0v) is 12.5. The second-order valence-electron chi connectivity index (χ2n) is 3.60. The number of anilines is 1. The highest BCUT2D eigenvalue weighted by atomic mass is 16.5. The van der Waals surface area contributed by atoms with Crippen molar-refractivity contribution in [3.8, 4) is 0 Å². The Morgan fingerprint density at radius 2 is 1.95 bits per heavy atom. The van der Waals surface area contributed by atoms with Crippen LogP contribution in [0, 0.1) is 0 Å². The van der Waals surface area contributed by atoms with Crippen molar-refractivity contribution in [3.05, 3.63) is 29.8 Å². The molecule has 0 heterocycles. The SMILES string of the molecule is CC.CCOCCCNC(=O)c1ccccc1NC. The standard InChI is InChI=1S/C13H20N2O2.C2H6/c1-3-17-10-6-9-15-13(16)11-7-4-5-8-12(11)14-2;1-2/h4-5,7-8,14H,3,6,9-10H2,1-2H3,(H,15,16);1-2H3. The molecule has 0 atom stereocenters. The molecular weight excluding hydrogens is 240 g/mol. The predicted molar refractivity (Wildman–Crippen MR) is 80.8 cm³/mol. The maximum atomic E-state index is 11.9. The smallest absolute Gasteiger partial charge is 0.253 e. The fourth-order valence-electron chi connectivity index (χ4n) is 1.51. The first-order valence-electron chi connectivity index (χ1n) is 6.92. The summed E-state index contributed by atoms with van der Waals surface area (Å²) in [6.45, 7) is 8.00. The molecule has 4 heteroatoms. The molecule has 0 unspecified atom stereocenters. The van der Waals surface area contributed by atoms with Crippen LogP contribution in [0.5, 0.6) is 0 Å². The lowest BCUT2D eigenvalue weighted by Crippen LogP contribution is -2.26. The fourth-order valence-corrected chi connectivity index (χ4v) is 1.51. The molecule has 0 fully saturated rings. The Morgan fingerprint density at radius 1 is 1.26 bits per heavy atom. The zero-order valence-electron chi connectivity index (χ0n) is 12.5. The van der Waals surface area contributed by atoms with Gasteiger partial charge in [-0.15, -0.1) is 0 Å². The van der Waals surface area contributed by atoms with Crippen molar-refractivity contribution in [2.24, 2.45) is 0 Å². The van der Waals surface area contributed by atoms with Crippen molar-refractivity contribution in [2.45, 2.75) is 27.2 Å². The Morgan fingerprint density at radius 3 is 2.58 bits per heavy atom. The fraction of sp³-hybridized carbons (Fsp3) is 0.533. The number of amides is 1. The van der Waals surface area contributed by atoms with Gasteiger partial charge in [-0.25, -0.2) is 0 Å². The van der Waals surface area contributed by atoms with E-state index in [0.717, 1.165) is 18.7 Å². The first-order valence-corrected chi connectivity index (χ1v) is 6.92. The molecule has 0 bridgehead atoms. The van der Waals surface area contributed by atoms with Crippen LogP contribution in [-0.4, -0.2) is 32.7 Å². The van der Waals surface area contributed by atoms with E-state index in [4.69, 9.17) is 4.74 Å². The Balaban J connectivity index is 0.00000154. The average molecular weight is 266 g/mol. The molecule has 0 radical (unpaired) electrons. The van der Waals surface area contributed by atoms with Crippen LogP contribution in [0.15, 0.2) is 24.3 Å².